The van der Waals surface area contributed by atoms with Crippen molar-refractivity contribution in [3.05, 3.63) is 52.5 Å². The molecule has 0 radical (unpaired) electrons. The number of hydrogen-bond donors (Lipinski definition) is 0. The number of hydrogen-bond acceptors (Lipinski definition) is 3. The minimum atomic E-state index is 0.543. The fraction of sp³-hybridized carbons (Fsp3) is 0.200. The molecule has 19 heavy (non-hydrogen) atoms. The number of benzene rings is 2. The maximum atomic E-state index is 5.75. The van der Waals surface area contributed by atoms with Crippen molar-refractivity contribution in [3.8, 4) is 11.5 Å². The summed E-state index contributed by atoms with van der Waals surface area (Å²) in [5, 5.41) is 0. The van der Waals surface area contributed by atoms with Crippen LogP contribution in [0.15, 0.2) is 51.8 Å². The second-order valence-electron chi connectivity index (χ2n) is 3.93. The lowest BCUT2D eigenvalue weighted by Gasteiger charge is -2.09. The third-order valence-electron chi connectivity index (χ3n) is 2.68. The fourth-order valence-corrected chi connectivity index (χ4v) is 2.63. The number of ether oxygens (including phenoxy) is 2. The summed E-state index contributed by atoms with van der Waals surface area (Å²) < 4.78 is 11.9. The number of methoxy groups -OCH3 is 1. The van der Waals surface area contributed by atoms with Gasteiger partial charge < -0.3 is 9.47 Å². The molecule has 0 aliphatic carbocycles. The van der Waals surface area contributed by atoms with Gasteiger partial charge in [-0.3, -0.25) is 0 Å². The Morgan fingerprint density at radius 2 is 1.84 bits per heavy atom. The molecule has 0 amide bonds. The maximum Gasteiger partial charge on any atom is 0.133 e. The van der Waals surface area contributed by atoms with Gasteiger partial charge in [0.05, 0.1) is 11.6 Å². The molecule has 0 unspecified atom stereocenters. The van der Waals surface area contributed by atoms with Crippen LogP contribution < -0.4 is 9.47 Å². The predicted octanol–water partition coefficient (Wildman–Crippen LogP) is 4.76. The predicted molar refractivity (Wildman–Crippen MR) is 83.2 cm³/mol. The molecule has 0 saturated carbocycles. The molecule has 0 saturated heterocycles. The van der Waals surface area contributed by atoms with Crippen molar-refractivity contribution in [1.29, 1.82) is 0 Å². The van der Waals surface area contributed by atoms with Crippen molar-refractivity contribution in [2.45, 2.75) is 11.5 Å². The first-order valence-electron chi connectivity index (χ1n) is 5.82. The van der Waals surface area contributed by atoms with Gasteiger partial charge in [-0.2, -0.15) is 0 Å². The van der Waals surface area contributed by atoms with Gasteiger partial charge in [0.25, 0.3) is 0 Å². The summed E-state index contributed by atoms with van der Waals surface area (Å²) in [6.07, 6.45) is 2.06. The molecule has 4 heteroatoms. The van der Waals surface area contributed by atoms with E-state index in [0.29, 0.717) is 6.61 Å². The molecule has 0 fully saturated rings. The number of halogens is 1. The average Bonchev–Trinajstić information content (AvgIpc) is 2.46. The smallest absolute Gasteiger partial charge is 0.133 e. The Hall–Kier alpha value is -1.13. The maximum absolute atomic E-state index is 5.75. The first-order valence-corrected chi connectivity index (χ1v) is 7.84. The largest absolute Gasteiger partial charge is 0.496 e. The zero-order chi connectivity index (χ0) is 13.7. The van der Waals surface area contributed by atoms with E-state index in [-0.39, 0.29) is 0 Å². The normalized spacial score (nSPS) is 10.3. The molecule has 2 aromatic rings. The minimum absolute atomic E-state index is 0.543. The highest BCUT2D eigenvalue weighted by atomic mass is 79.9. The molecule has 2 aromatic carbocycles. The zero-order valence-corrected chi connectivity index (χ0v) is 13.3. The highest BCUT2D eigenvalue weighted by Gasteiger charge is 2.02. The van der Waals surface area contributed by atoms with Crippen LogP contribution in [0.5, 0.6) is 11.5 Å². The van der Waals surface area contributed by atoms with E-state index >= 15 is 0 Å². The van der Waals surface area contributed by atoms with Gasteiger partial charge in [-0.05, 0) is 64.1 Å². The molecule has 0 atom stereocenters. The Balaban J connectivity index is 1.99. The number of rotatable bonds is 5. The van der Waals surface area contributed by atoms with E-state index in [0.717, 1.165) is 21.5 Å². The topological polar surface area (TPSA) is 18.5 Å². The lowest BCUT2D eigenvalue weighted by Crippen LogP contribution is -1.96. The molecule has 0 aliphatic rings. The summed E-state index contributed by atoms with van der Waals surface area (Å²) >= 11 is 5.19. The molecule has 2 nitrogen and oxygen atoms in total. The number of thioether (sulfide) groups is 1. The van der Waals surface area contributed by atoms with E-state index in [9.17, 15) is 0 Å². The van der Waals surface area contributed by atoms with Gasteiger partial charge in [0.1, 0.15) is 18.1 Å². The molecule has 0 N–H and O–H groups in total. The fourth-order valence-electron chi connectivity index (χ4n) is 1.64. The van der Waals surface area contributed by atoms with E-state index in [2.05, 4.69) is 34.3 Å². The van der Waals surface area contributed by atoms with Crippen LogP contribution in [0.3, 0.4) is 0 Å². The lowest BCUT2D eigenvalue weighted by molar-refractivity contribution is 0.305. The van der Waals surface area contributed by atoms with Crippen LogP contribution >= 0.6 is 27.7 Å². The standard InChI is InChI=1S/C15H15BrO2S/c1-17-15-8-3-11(9-14(15)16)10-18-12-4-6-13(19-2)7-5-12/h3-9H,10H2,1-2H3. The molecule has 0 aromatic heterocycles. The Morgan fingerprint density at radius 1 is 1.11 bits per heavy atom. The summed E-state index contributed by atoms with van der Waals surface area (Å²) in [6, 6.07) is 14.0. The Kier molecular flexibility index (Phi) is 5.16. The SMILES string of the molecule is COc1ccc(COc2ccc(SC)cc2)cc1Br. The zero-order valence-electron chi connectivity index (χ0n) is 10.9. The van der Waals surface area contributed by atoms with Crippen molar-refractivity contribution < 1.29 is 9.47 Å². The minimum Gasteiger partial charge on any atom is -0.496 e. The Labute approximate surface area is 126 Å². The molecule has 0 aliphatic heterocycles. The molecular weight excluding hydrogens is 324 g/mol. The van der Waals surface area contributed by atoms with E-state index < -0.39 is 0 Å². The highest BCUT2D eigenvalue weighted by molar-refractivity contribution is 9.10. The summed E-state index contributed by atoms with van der Waals surface area (Å²) in [7, 11) is 1.66. The summed E-state index contributed by atoms with van der Waals surface area (Å²) in [4.78, 5) is 1.24. The third kappa shape index (κ3) is 3.91. The second-order valence-corrected chi connectivity index (χ2v) is 5.67. The first kappa shape index (κ1) is 14.3. The van der Waals surface area contributed by atoms with Crippen LogP contribution in [0.2, 0.25) is 0 Å². The van der Waals surface area contributed by atoms with Gasteiger partial charge in [-0.1, -0.05) is 6.07 Å². The van der Waals surface area contributed by atoms with Gasteiger partial charge in [0, 0.05) is 4.90 Å². The molecular formula is C15H15BrO2S. The lowest BCUT2D eigenvalue weighted by atomic mass is 10.2. The van der Waals surface area contributed by atoms with Crippen molar-refractivity contribution in [3.63, 3.8) is 0 Å². The van der Waals surface area contributed by atoms with Crippen LogP contribution in [-0.2, 0) is 6.61 Å². The van der Waals surface area contributed by atoms with E-state index in [1.807, 2.05) is 30.3 Å². The summed E-state index contributed by atoms with van der Waals surface area (Å²) in [5.41, 5.74) is 1.10. The molecule has 0 heterocycles. The van der Waals surface area contributed by atoms with E-state index in [1.165, 1.54) is 4.90 Å². The van der Waals surface area contributed by atoms with Gasteiger partial charge in [0.2, 0.25) is 0 Å². The third-order valence-corrected chi connectivity index (χ3v) is 4.04. The first-order chi connectivity index (χ1) is 9.22. The van der Waals surface area contributed by atoms with Crippen LogP contribution in [0, 0.1) is 0 Å². The van der Waals surface area contributed by atoms with Gasteiger partial charge in [-0.25, -0.2) is 0 Å². The van der Waals surface area contributed by atoms with Crippen LogP contribution in [-0.4, -0.2) is 13.4 Å². The molecule has 0 spiro atoms. The van der Waals surface area contributed by atoms with Crippen LogP contribution in [0.1, 0.15) is 5.56 Å². The Bertz CT molecular complexity index is 540. The quantitative estimate of drug-likeness (QED) is 0.732. The molecule has 100 valence electrons. The van der Waals surface area contributed by atoms with Crippen LogP contribution in [0.4, 0.5) is 0 Å². The molecule has 0 bridgehead atoms. The van der Waals surface area contributed by atoms with Crippen molar-refractivity contribution in [2.24, 2.45) is 0 Å². The van der Waals surface area contributed by atoms with E-state index in [1.54, 1.807) is 18.9 Å². The molecule has 2 rings (SSSR count). The monoisotopic (exact) mass is 338 g/mol. The summed E-state index contributed by atoms with van der Waals surface area (Å²) in [6.45, 7) is 0.543. The van der Waals surface area contributed by atoms with Gasteiger partial charge in [0.15, 0.2) is 0 Å². The van der Waals surface area contributed by atoms with Crippen molar-refractivity contribution in [2.75, 3.05) is 13.4 Å². The van der Waals surface area contributed by atoms with E-state index in [4.69, 9.17) is 9.47 Å². The van der Waals surface area contributed by atoms with Crippen LogP contribution in [0.25, 0.3) is 0 Å². The highest BCUT2D eigenvalue weighted by Crippen LogP contribution is 2.26. The average molecular weight is 339 g/mol. The Morgan fingerprint density at radius 3 is 2.42 bits per heavy atom. The van der Waals surface area contributed by atoms with Gasteiger partial charge >= 0.3 is 0 Å². The van der Waals surface area contributed by atoms with Crippen molar-refractivity contribution >= 4 is 27.7 Å². The van der Waals surface area contributed by atoms with Crippen molar-refractivity contribution in [1.82, 2.24) is 0 Å². The second kappa shape index (κ2) is 6.87. The summed E-state index contributed by atoms with van der Waals surface area (Å²) in [5.74, 6) is 1.71. The van der Waals surface area contributed by atoms with Gasteiger partial charge in [-0.15, -0.1) is 11.8 Å².